The van der Waals surface area contributed by atoms with Gasteiger partial charge in [-0.25, -0.2) is 4.58 Å². The van der Waals surface area contributed by atoms with Crippen molar-refractivity contribution in [1.82, 2.24) is 0 Å². The number of anilines is 1. The summed E-state index contributed by atoms with van der Waals surface area (Å²) in [4.78, 5) is 21.0. The summed E-state index contributed by atoms with van der Waals surface area (Å²) in [7, 11) is 0. The number of rotatable bonds is 27. The van der Waals surface area contributed by atoms with E-state index in [1.807, 2.05) is 35.2 Å². The first-order chi connectivity index (χ1) is 29.2. The van der Waals surface area contributed by atoms with Gasteiger partial charge in [0.2, 0.25) is 10.8 Å². The second-order valence-corrected chi connectivity index (χ2v) is 21.8. The lowest BCUT2D eigenvalue weighted by Gasteiger charge is -2.31. The fraction of sp³-hybridized carbons (Fsp3) is 0.615. The minimum Gasteiger partial charge on any atom is -0.506 e. The Hall–Kier alpha value is -2.39. The Morgan fingerprint density at radius 3 is 1.60 bits per heavy atom. The van der Waals surface area contributed by atoms with Gasteiger partial charge >= 0.3 is 0 Å². The van der Waals surface area contributed by atoms with Crippen LogP contribution in [-0.2, 0) is 4.79 Å². The minimum absolute atomic E-state index is 0.0452. The van der Waals surface area contributed by atoms with Gasteiger partial charge < -0.3 is 10.0 Å². The standard InChI is InChI=1S/C52H76N2O2S4/c1-9-17-21-37(13-5)33-53(34-38(14-6)22-18-10-2)47-31-29-43(59-47)41-25-27-45(57-41)49-51(55)50(52(49)56)46-28-26-42(58-46)44-30-32-48(60-44)54(35-39(15-7)23-19-11-3)36-40(16-8)24-20-12-4/h25-32,37-40H,9-24,33-36H2,1-8H3/p+1. The second kappa shape index (κ2) is 25.0. The lowest BCUT2D eigenvalue weighted by Crippen LogP contribution is -2.33. The Labute approximate surface area is 380 Å². The normalized spacial score (nSPS) is 18.0. The predicted octanol–water partition coefficient (Wildman–Crippen LogP) is 14.7. The Kier molecular flexibility index (Phi) is 20.3. The van der Waals surface area contributed by atoms with Crippen molar-refractivity contribution in [2.45, 2.75) is 158 Å². The molecule has 0 fully saturated rings. The number of nitrogens with zero attached hydrogens (tertiary/aromatic N) is 2. The maximum absolute atomic E-state index is 13.8. The van der Waals surface area contributed by atoms with Crippen molar-refractivity contribution >= 4 is 77.7 Å². The zero-order valence-electron chi connectivity index (χ0n) is 38.5. The monoisotopic (exact) mass is 889 g/mol. The highest BCUT2D eigenvalue weighted by Crippen LogP contribution is 2.44. The molecule has 8 heteroatoms. The van der Waals surface area contributed by atoms with E-state index in [9.17, 15) is 9.90 Å². The van der Waals surface area contributed by atoms with Crippen LogP contribution in [0.5, 0.6) is 0 Å². The molecule has 60 heavy (non-hydrogen) atoms. The molecule has 3 aromatic heterocycles. The van der Waals surface area contributed by atoms with Crippen LogP contribution in [0.25, 0.3) is 25.8 Å². The van der Waals surface area contributed by atoms with Gasteiger partial charge in [0, 0.05) is 59.6 Å². The molecule has 0 aromatic carbocycles. The van der Waals surface area contributed by atoms with Crippen molar-refractivity contribution in [2.75, 3.05) is 31.1 Å². The lowest BCUT2D eigenvalue weighted by molar-refractivity contribution is -0.539. The van der Waals surface area contributed by atoms with Crippen LogP contribution in [0.15, 0.2) is 54.3 Å². The molecule has 0 amide bonds. The van der Waals surface area contributed by atoms with Crippen LogP contribution in [-0.4, -0.2) is 46.7 Å². The molecule has 0 spiro atoms. The van der Waals surface area contributed by atoms with E-state index in [1.54, 1.807) is 22.7 Å². The summed E-state index contributed by atoms with van der Waals surface area (Å²) in [5.74, 6) is 2.94. The Morgan fingerprint density at radius 2 is 1.07 bits per heavy atom. The van der Waals surface area contributed by atoms with Gasteiger partial charge in [-0.15, -0.1) is 34.0 Å². The molecule has 4 unspecified atom stereocenters. The van der Waals surface area contributed by atoms with Gasteiger partial charge in [0.15, 0.2) is 0 Å². The average molecular weight is 890 g/mol. The number of thioether (sulfide) groups is 1. The van der Waals surface area contributed by atoms with Gasteiger partial charge in [-0.3, -0.25) is 4.79 Å². The Morgan fingerprint density at radius 1 is 0.567 bits per heavy atom. The van der Waals surface area contributed by atoms with Crippen LogP contribution in [0, 0.1) is 23.7 Å². The van der Waals surface area contributed by atoms with E-state index in [1.165, 1.54) is 123 Å². The molecule has 4 heterocycles. The molecule has 0 radical (unpaired) electrons. The molecule has 2 aliphatic rings. The highest BCUT2D eigenvalue weighted by molar-refractivity contribution is 8.22. The minimum atomic E-state index is -0.0452. The maximum atomic E-state index is 13.8. The topological polar surface area (TPSA) is 43.5 Å². The molecule has 0 saturated heterocycles. The molecular weight excluding hydrogens is 813 g/mol. The highest BCUT2D eigenvalue weighted by Gasteiger charge is 2.37. The van der Waals surface area contributed by atoms with Gasteiger partial charge in [0.1, 0.15) is 18.8 Å². The molecule has 1 aliphatic heterocycles. The fourth-order valence-electron chi connectivity index (χ4n) is 8.75. The zero-order valence-corrected chi connectivity index (χ0v) is 41.7. The first-order valence-electron chi connectivity index (χ1n) is 24.0. The zero-order chi connectivity index (χ0) is 43.0. The average Bonchev–Trinajstić information content (AvgIpc) is 4.11. The number of thiophene rings is 3. The third kappa shape index (κ3) is 12.8. The number of aliphatic hydroxyl groups excluding tert-OH is 1. The van der Waals surface area contributed by atoms with E-state index in [0.29, 0.717) is 34.8 Å². The molecule has 1 aliphatic carbocycles. The summed E-state index contributed by atoms with van der Waals surface area (Å²) >= 11 is 7.01. The molecule has 0 bridgehead atoms. The van der Waals surface area contributed by atoms with E-state index in [0.717, 1.165) is 45.0 Å². The number of carbonyl (C=O) groups excluding carboxylic acids is 1. The van der Waals surface area contributed by atoms with Gasteiger partial charge in [0.05, 0.1) is 16.1 Å². The third-order valence-electron chi connectivity index (χ3n) is 13.0. The van der Waals surface area contributed by atoms with Crippen LogP contribution in [0.3, 0.4) is 0 Å². The van der Waals surface area contributed by atoms with Gasteiger partial charge in [-0.1, -0.05) is 120 Å². The number of Topliss-reactive ketones (excluding diaryl/α,β-unsaturated/α-hetero) is 1. The Bertz CT molecular complexity index is 1990. The van der Waals surface area contributed by atoms with Crippen molar-refractivity contribution in [2.24, 2.45) is 23.7 Å². The summed E-state index contributed by atoms with van der Waals surface area (Å²) in [5, 5.41) is 14.2. The van der Waals surface area contributed by atoms with Crippen molar-refractivity contribution < 1.29 is 14.5 Å². The number of ketones is 1. The van der Waals surface area contributed by atoms with E-state index in [-0.39, 0.29) is 11.5 Å². The molecule has 0 saturated carbocycles. The number of unbranched alkanes of at least 4 members (excludes halogenated alkanes) is 4. The SMILES string of the molecule is CCCCC(CC)CN(CC(CC)CCCC)c1ccc(-c2ccc(C3=C(O)/C(=c4\cc/c(=C5/C=CC(=[N+](CC(CC)CCCC)CC(CC)CCCC)S5)s4)C3=O)s2)s1. The Balaban J connectivity index is 1.37. The smallest absolute Gasteiger partial charge is 0.239 e. The molecule has 4 atom stereocenters. The van der Waals surface area contributed by atoms with Gasteiger partial charge in [-0.2, -0.15) is 0 Å². The van der Waals surface area contributed by atoms with Crippen molar-refractivity contribution in [3.8, 4) is 9.75 Å². The van der Waals surface area contributed by atoms with E-state index in [4.69, 9.17) is 0 Å². The number of hydrogen-bond donors (Lipinski definition) is 1. The van der Waals surface area contributed by atoms with Crippen LogP contribution < -0.4 is 14.0 Å². The molecule has 5 rings (SSSR count). The summed E-state index contributed by atoms with van der Waals surface area (Å²) in [6.07, 6.45) is 24.9. The van der Waals surface area contributed by atoms with Crippen molar-refractivity contribution in [3.05, 3.63) is 68.3 Å². The molecule has 4 nitrogen and oxygen atoms in total. The largest absolute Gasteiger partial charge is 0.506 e. The summed E-state index contributed by atoms with van der Waals surface area (Å²) in [6.45, 7) is 23.1. The fourth-order valence-corrected chi connectivity index (χ4v) is 13.1. The first kappa shape index (κ1) is 48.6. The van der Waals surface area contributed by atoms with Crippen LogP contribution in [0.1, 0.15) is 163 Å². The molecular formula is C52H77N2O2S4+. The first-order valence-corrected chi connectivity index (χ1v) is 27.2. The number of aliphatic hydroxyl groups is 1. The summed E-state index contributed by atoms with van der Waals surface area (Å²) < 4.78 is 4.70. The number of carbonyl (C=O) groups is 1. The molecule has 3 aromatic rings. The van der Waals surface area contributed by atoms with Crippen LogP contribution in [0.2, 0.25) is 0 Å². The molecule has 330 valence electrons. The van der Waals surface area contributed by atoms with Crippen molar-refractivity contribution in [3.63, 3.8) is 0 Å². The van der Waals surface area contributed by atoms with E-state index in [2.05, 4.69) is 101 Å². The maximum Gasteiger partial charge on any atom is 0.239 e. The van der Waals surface area contributed by atoms with E-state index < -0.39 is 0 Å². The van der Waals surface area contributed by atoms with Crippen molar-refractivity contribution in [1.29, 1.82) is 0 Å². The lowest BCUT2D eigenvalue weighted by atomic mass is 9.87. The van der Waals surface area contributed by atoms with Crippen LogP contribution >= 0.6 is 45.8 Å². The second-order valence-electron chi connectivity index (χ2n) is 17.5. The highest BCUT2D eigenvalue weighted by atomic mass is 32.2. The van der Waals surface area contributed by atoms with Gasteiger partial charge in [0.25, 0.3) is 0 Å². The quantitative estimate of drug-likeness (QED) is 0.0775. The van der Waals surface area contributed by atoms with Crippen LogP contribution in [0.4, 0.5) is 5.00 Å². The van der Waals surface area contributed by atoms with E-state index >= 15 is 0 Å². The molecule has 1 N–H and O–H groups in total. The predicted molar refractivity (Wildman–Crippen MR) is 270 cm³/mol. The summed E-state index contributed by atoms with van der Waals surface area (Å²) in [6, 6.07) is 12.9. The third-order valence-corrected chi connectivity index (χ3v) is 17.9. The number of hydrogen-bond acceptors (Lipinski definition) is 7. The number of allylic oxidation sites excluding steroid dienone is 2. The van der Waals surface area contributed by atoms with Gasteiger partial charge in [-0.05, 0) is 105 Å². The summed E-state index contributed by atoms with van der Waals surface area (Å²) in [5.41, 5.74) is 0.934.